The van der Waals surface area contributed by atoms with Crippen LogP contribution in [-0.2, 0) is 0 Å². The number of hydrogen-bond acceptors (Lipinski definition) is 5. The Hall–Kier alpha value is -1.92. The fraction of sp³-hybridized carbons (Fsp3) is 0.333. The van der Waals surface area contributed by atoms with Crippen LogP contribution in [0.15, 0.2) is 30.5 Å². The summed E-state index contributed by atoms with van der Waals surface area (Å²) in [6, 6.07) is 7.04. The van der Waals surface area contributed by atoms with Gasteiger partial charge >= 0.3 is 0 Å². The number of nitrogen functional groups attached to an aromatic ring is 1. The Morgan fingerprint density at radius 2 is 2.10 bits per heavy atom. The molecule has 110 valence electrons. The van der Waals surface area contributed by atoms with Crippen molar-refractivity contribution in [2.45, 2.75) is 18.8 Å². The van der Waals surface area contributed by atoms with Gasteiger partial charge in [0.15, 0.2) is 5.13 Å². The number of benzene rings is 1. The zero-order chi connectivity index (χ0) is 14.7. The van der Waals surface area contributed by atoms with Crippen molar-refractivity contribution in [3.63, 3.8) is 0 Å². The molecule has 1 aliphatic rings. The highest BCUT2D eigenvalue weighted by atomic mass is 32.1. The highest BCUT2D eigenvalue weighted by Crippen LogP contribution is 2.31. The summed E-state index contributed by atoms with van der Waals surface area (Å²) in [5, 5.41) is 6.82. The molecule has 0 aliphatic carbocycles. The molecule has 0 bridgehead atoms. The molecule has 1 amide bonds. The lowest BCUT2D eigenvalue weighted by Gasteiger charge is -2.20. The molecule has 6 heteroatoms. The minimum absolute atomic E-state index is 0.209. The van der Waals surface area contributed by atoms with Gasteiger partial charge in [-0.1, -0.05) is 12.1 Å². The maximum absolute atomic E-state index is 12.2. The molecule has 2 heterocycles. The predicted octanol–water partition coefficient (Wildman–Crippen LogP) is 2.44. The number of amides is 1. The topological polar surface area (TPSA) is 80.0 Å². The molecule has 1 aromatic heterocycles. The van der Waals surface area contributed by atoms with Crippen LogP contribution in [0.3, 0.4) is 0 Å². The summed E-state index contributed by atoms with van der Waals surface area (Å²) in [6.07, 6.45) is 4.13. The van der Waals surface area contributed by atoms with Crippen LogP contribution in [0.2, 0.25) is 0 Å². The molecule has 4 N–H and O–H groups in total. The van der Waals surface area contributed by atoms with E-state index in [1.807, 2.05) is 12.3 Å². The lowest BCUT2D eigenvalue weighted by molar-refractivity contribution is 0.102. The van der Waals surface area contributed by atoms with Crippen molar-refractivity contribution in [2.75, 3.05) is 24.1 Å². The zero-order valence-corrected chi connectivity index (χ0v) is 12.5. The number of nitrogens with one attached hydrogen (secondary N) is 2. The molecule has 0 atom stereocenters. The Labute approximate surface area is 127 Å². The van der Waals surface area contributed by atoms with E-state index in [4.69, 9.17) is 5.73 Å². The molecule has 3 rings (SSSR count). The van der Waals surface area contributed by atoms with E-state index in [0.29, 0.717) is 22.3 Å². The number of nitrogens with two attached hydrogens (primary N) is 1. The Morgan fingerprint density at radius 1 is 1.33 bits per heavy atom. The van der Waals surface area contributed by atoms with Crippen molar-refractivity contribution >= 4 is 28.1 Å². The zero-order valence-electron chi connectivity index (χ0n) is 11.6. The summed E-state index contributed by atoms with van der Waals surface area (Å²) in [5.74, 6) is 0.343. The summed E-state index contributed by atoms with van der Waals surface area (Å²) in [4.78, 5) is 17.7. The molecule has 21 heavy (non-hydrogen) atoms. The first-order valence-corrected chi connectivity index (χ1v) is 7.88. The van der Waals surface area contributed by atoms with Gasteiger partial charge in [0.05, 0.1) is 5.56 Å². The minimum Gasteiger partial charge on any atom is -0.398 e. The summed E-state index contributed by atoms with van der Waals surface area (Å²) < 4.78 is 0. The van der Waals surface area contributed by atoms with E-state index in [-0.39, 0.29) is 5.91 Å². The van der Waals surface area contributed by atoms with Crippen LogP contribution in [0.25, 0.3) is 0 Å². The highest BCUT2D eigenvalue weighted by molar-refractivity contribution is 7.15. The Kier molecular flexibility index (Phi) is 4.17. The van der Waals surface area contributed by atoms with Gasteiger partial charge in [-0.15, -0.1) is 11.3 Å². The summed E-state index contributed by atoms with van der Waals surface area (Å²) in [7, 11) is 0. The number of para-hydroxylation sites is 1. The smallest absolute Gasteiger partial charge is 0.259 e. The third-order valence-corrected chi connectivity index (χ3v) is 4.77. The lowest BCUT2D eigenvalue weighted by Crippen LogP contribution is -2.26. The predicted molar refractivity (Wildman–Crippen MR) is 85.8 cm³/mol. The third kappa shape index (κ3) is 3.22. The molecular weight excluding hydrogens is 284 g/mol. The average molecular weight is 302 g/mol. The van der Waals surface area contributed by atoms with Crippen LogP contribution in [0.1, 0.15) is 34.0 Å². The van der Waals surface area contributed by atoms with Gasteiger partial charge in [0.25, 0.3) is 5.91 Å². The SMILES string of the molecule is Nc1ccccc1C(=O)Nc1ncc(C2CCNCC2)s1. The molecule has 5 nitrogen and oxygen atoms in total. The van der Waals surface area contributed by atoms with Gasteiger partial charge in [-0.25, -0.2) is 4.98 Å². The van der Waals surface area contributed by atoms with E-state index in [1.54, 1.807) is 29.5 Å². The number of thiazole rings is 1. The molecule has 0 radical (unpaired) electrons. The van der Waals surface area contributed by atoms with Crippen LogP contribution >= 0.6 is 11.3 Å². The van der Waals surface area contributed by atoms with Crippen LogP contribution in [-0.4, -0.2) is 24.0 Å². The largest absolute Gasteiger partial charge is 0.398 e. The van der Waals surface area contributed by atoms with Crippen molar-refractivity contribution in [3.05, 3.63) is 40.9 Å². The second-order valence-electron chi connectivity index (χ2n) is 5.13. The number of carbonyl (C=O) groups excluding carboxylic acids is 1. The van der Waals surface area contributed by atoms with Crippen LogP contribution in [0.5, 0.6) is 0 Å². The Balaban J connectivity index is 1.69. The van der Waals surface area contributed by atoms with Gasteiger partial charge in [0.1, 0.15) is 0 Å². The summed E-state index contributed by atoms with van der Waals surface area (Å²) in [5.41, 5.74) is 6.77. The molecule has 0 unspecified atom stereocenters. The van der Waals surface area contributed by atoms with E-state index in [1.165, 1.54) is 4.88 Å². The lowest BCUT2D eigenvalue weighted by atomic mass is 9.97. The third-order valence-electron chi connectivity index (χ3n) is 3.69. The van der Waals surface area contributed by atoms with Gasteiger partial charge in [-0.2, -0.15) is 0 Å². The van der Waals surface area contributed by atoms with Crippen LogP contribution in [0, 0.1) is 0 Å². The van der Waals surface area contributed by atoms with Gasteiger partial charge in [-0.3, -0.25) is 10.1 Å². The van der Waals surface area contributed by atoms with Gasteiger partial charge < -0.3 is 11.1 Å². The molecule has 1 aromatic carbocycles. The fourth-order valence-electron chi connectivity index (χ4n) is 2.51. The number of aromatic nitrogens is 1. The number of rotatable bonds is 3. The van der Waals surface area contributed by atoms with E-state index < -0.39 is 0 Å². The first kappa shape index (κ1) is 14.0. The second-order valence-corrected chi connectivity index (χ2v) is 6.20. The molecule has 1 saturated heterocycles. The van der Waals surface area contributed by atoms with E-state index in [0.717, 1.165) is 25.9 Å². The molecular formula is C15H18N4OS. The van der Waals surface area contributed by atoms with E-state index in [2.05, 4.69) is 15.6 Å². The Bertz CT molecular complexity index is 634. The quantitative estimate of drug-likeness (QED) is 0.761. The maximum Gasteiger partial charge on any atom is 0.259 e. The average Bonchev–Trinajstić information content (AvgIpc) is 2.97. The minimum atomic E-state index is -0.209. The first-order valence-electron chi connectivity index (χ1n) is 7.06. The van der Waals surface area contributed by atoms with Crippen molar-refractivity contribution in [1.29, 1.82) is 0 Å². The van der Waals surface area contributed by atoms with Crippen molar-refractivity contribution in [2.24, 2.45) is 0 Å². The summed E-state index contributed by atoms with van der Waals surface area (Å²) in [6.45, 7) is 2.09. The molecule has 1 aliphatic heterocycles. The molecule has 0 saturated carbocycles. The summed E-state index contributed by atoms with van der Waals surface area (Å²) >= 11 is 1.56. The normalized spacial score (nSPS) is 15.8. The maximum atomic E-state index is 12.2. The number of anilines is 2. The van der Waals surface area contributed by atoms with Gasteiger partial charge in [0.2, 0.25) is 0 Å². The van der Waals surface area contributed by atoms with Crippen molar-refractivity contribution in [1.82, 2.24) is 10.3 Å². The monoisotopic (exact) mass is 302 g/mol. The highest BCUT2D eigenvalue weighted by Gasteiger charge is 2.18. The van der Waals surface area contributed by atoms with Gasteiger partial charge in [-0.05, 0) is 44.0 Å². The first-order chi connectivity index (χ1) is 10.2. The number of nitrogens with zero attached hydrogens (tertiary/aromatic N) is 1. The van der Waals surface area contributed by atoms with E-state index in [9.17, 15) is 4.79 Å². The van der Waals surface area contributed by atoms with Crippen LogP contribution < -0.4 is 16.4 Å². The fourth-order valence-corrected chi connectivity index (χ4v) is 3.49. The van der Waals surface area contributed by atoms with Crippen LogP contribution in [0.4, 0.5) is 10.8 Å². The standard InChI is InChI=1S/C15H18N4OS/c16-12-4-2-1-3-11(12)14(20)19-15-18-9-13(21-15)10-5-7-17-8-6-10/h1-4,9-10,17H,5-8,16H2,(H,18,19,20). The van der Waals surface area contributed by atoms with Crippen molar-refractivity contribution in [3.8, 4) is 0 Å². The van der Waals surface area contributed by atoms with Gasteiger partial charge in [0, 0.05) is 16.8 Å². The van der Waals surface area contributed by atoms with Crippen molar-refractivity contribution < 1.29 is 4.79 Å². The number of hydrogen-bond donors (Lipinski definition) is 3. The Morgan fingerprint density at radius 3 is 2.86 bits per heavy atom. The second kappa shape index (κ2) is 6.24. The van der Waals surface area contributed by atoms with E-state index >= 15 is 0 Å². The molecule has 0 spiro atoms. The molecule has 2 aromatic rings. The number of piperidine rings is 1. The number of carbonyl (C=O) groups is 1. The molecule has 1 fully saturated rings.